The van der Waals surface area contributed by atoms with Gasteiger partial charge in [-0.25, -0.2) is 0 Å². The lowest BCUT2D eigenvalue weighted by molar-refractivity contribution is -0.276. The van der Waals surface area contributed by atoms with Gasteiger partial charge in [0.05, 0.1) is 0 Å². The highest BCUT2D eigenvalue weighted by molar-refractivity contribution is 5.40. The number of hydrogen-bond acceptors (Lipinski definition) is 3. The van der Waals surface area contributed by atoms with Crippen LogP contribution in [0.5, 0.6) is 5.88 Å². The molecule has 0 fully saturated rings. The topological polar surface area (TPSA) is 39.4 Å². The van der Waals surface area contributed by atoms with Crippen molar-refractivity contribution in [1.29, 1.82) is 0 Å². The van der Waals surface area contributed by atoms with E-state index in [4.69, 9.17) is 0 Å². The molecule has 0 saturated heterocycles. The van der Waals surface area contributed by atoms with Gasteiger partial charge in [-0.15, -0.1) is 23.4 Å². The predicted molar refractivity (Wildman–Crippen MR) is 39.7 cm³/mol. The number of nitrogens with zero attached hydrogens (tertiary/aromatic N) is 3. The van der Waals surface area contributed by atoms with Crippen LogP contribution >= 0.6 is 0 Å². The van der Waals surface area contributed by atoms with Crippen molar-refractivity contribution < 1.29 is 17.9 Å². The van der Waals surface area contributed by atoms with Crippen LogP contribution in [0.3, 0.4) is 0 Å². The largest absolute Gasteiger partial charge is 0.574 e. The molecular weight excluding hydrogens is 199 g/mol. The van der Waals surface area contributed by atoms with E-state index >= 15 is 0 Å². The summed E-state index contributed by atoms with van der Waals surface area (Å²) in [6.07, 6.45) is -3.56. The Morgan fingerprint density at radius 3 is 2.79 bits per heavy atom. The summed E-state index contributed by atoms with van der Waals surface area (Å²) in [5.74, 6) is -0.361. The molecule has 0 atom stereocenters. The molecule has 7 heteroatoms. The Hall–Kier alpha value is -1.79. The number of rotatable bonds is 1. The highest BCUT2D eigenvalue weighted by Gasteiger charge is 2.32. The molecule has 0 aliphatic heterocycles. The van der Waals surface area contributed by atoms with Gasteiger partial charge in [0.25, 0.3) is 0 Å². The van der Waals surface area contributed by atoms with E-state index in [1.54, 1.807) is 0 Å². The summed E-state index contributed by atoms with van der Waals surface area (Å²) < 4.78 is 40.6. The van der Waals surface area contributed by atoms with Crippen LogP contribution in [0, 0.1) is 0 Å². The minimum Gasteiger partial charge on any atom is -0.389 e. The van der Waals surface area contributed by atoms with Gasteiger partial charge in [-0.3, -0.25) is 4.40 Å². The van der Waals surface area contributed by atoms with Crippen LogP contribution < -0.4 is 4.74 Å². The lowest BCUT2D eigenvalue weighted by Gasteiger charge is -2.09. The van der Waals surface area contributed by atoms with Crippen molar-refractivity contribution in [3.8, 4) is 5.88 Å². The Labute approximate surface area is 75.9 Å². The van der Waals surface area contributed by atoms with Crippen molar-refractivity contribution in [2.75, 3.05) is 0 Å². The second kappa shape index (κ2) is 2.86. The summed E-state index contributed by atoms with van der Waals surface area (Å²) in [4.78, 5) is 0. The molecule has 0 aliphatic carbocycles. The normalized spacial score (nSPS) is 11.9. The molecule has 2 heterocycles. The van der Waals surface area contributed by atoms with Crippen LogP contribution in [-0.2, 0) is 0 Å². The van der Waals surface area contributed by atoms with Crippen LogP contribution in [0.4, 0.5) is 13.2 Å². The van der Waals surface area contributed by atoms with Crippen LogP contribution in [0.25, 0.3) is 5.65 Å². The third-order valence-corrected chi connectivity index (χ3v) is 1.52. The van der Waals surface area contributed by atoms with Crippen molar-refractivity contribution in [2.45, 2.75) is 6.36 Å². The quantitative estimate of drug-likeness (QED) is 0.707. The Bertz CT molecular complexity index is 451. The molecule has 0 N–H and O–H groups in total. The van der Waals surface area contributed by atoms with Crippen molar-refractivity contribution in [3.63, 3.8) is 0 Å². The molecule has 0 radical (unpaired) electrons. The number of aromatic nitrogens is 3. The molecule has 0 amide bonds. The van der Waals surface area contributed by atoms with E-state index in [0.29, 0.717) is 5.65 Å². The van der Waals surface area contributed by atoms with Crippen molar-refractivity contribution >= 4 is 5.65 Å². The predicted octanol–water partition coefficient (Wildman–Crippen LogP) is 1.63. The van der Waals surface area contributed by atoms with E-state index in [1.807, 2.05) is 0 Å². The van der Waals surface area contributed by atoms with E-state index < -0.39 is 6.36 Å². The molecular formula is C7H4F3N3O. The molecule has 0 bridgehead atoms. The average molecular weight is 203 g/mol. The zero-order valence-electron chi connectivity index (χ0n) is 6.69. The lowest BCUT2D eigenvalue weighted by Crippen LogP contribution is -2.18. The standard InChI is InChI=1S/C7H4F3N3O/c8-7(9,10)14-6-3-1-2-5-12-11-4-13(5)6/h1-4H. The first-order valence-electron chi connectivity index (χ1n) is 3.61. The van der Waals surface area contributed by atoms with Crippen LogP contribution in [0.1, 0.15) is 0 Å². The fourth-order valence-corrected chi connectivity index (χ4v) is 1.03. The van der Waals surface area contributed by atoms with Crippen LogP contribution in [0.15, 0.2) is 24.5 Å². The van der Waals surface area contributed by atoms with Gasteiger partial charge >= 0.3 is 6.36 Å². The molecule has 0 saturated carbocycles. The molecule has 2 aromatic heterocycles. The van der Waals surface area contributed by atoms with Gasteiger partial charge in [0, 0.05) is 0 Å². The van der Waals surface area contributed by atoms with E-state index in [0.717, 1.165) is 10.7 Å². The molecule has 74 valence electrons. The maximum absolute atomic E-state index is 11.9. The maximum Gasteiger partial charge on any atom is 0.574 e. The van der Waals surface area contributed by atoms with Gasteiger partial charge in [-0.1, -0.05) is 6.07 Å². The van der Waals surface area contributed by atoms with E-state index in [2.05, 4.69) is 14.9 Å². The number of halogens is 3. The smallest absolute Gasteiger partial charge is 0.389 e. The summed E-state index contributed by atoms with van der Waals surface area (Å²) in [6.45, 7) is 0. The van der Waals surface area contributed by atoms with Gasteiger partial charge < -0.3 is 4.74 Å². The van der Waals surface area contributed by atoms with E-state index in [9.17, 15) is 13.2 Å². The van der Waals surface area contributed by atoms with E-state index in [-0.39, 0.29) is 5.88 Å². The Morgan fingerprint density at radius 2 is 2.07 bits per heavy atom. The molecule has 0 aromatic carbocycles. The van der Waals surface area contributed by atoms with Gasteiger partial charge in [0.2, 0.25) is 5.88 Å². The highest BCUT2D eigenvalue weighted by Crippen LogP contribution is 2.22. The van der Waals surface area contributed by atoms with Crippen molar-refractivity contribution in [1.82, 2.24) is 14.6 Å². The first kappa shape index (κ1) is 8.79. The van der Waals surface area contributed by atoms with Crippen molar-refractivity contribution in [3.05, 3.63) is 24.5 Å². The minimum absolute atomic E-state index is 0.298. The summed E-state index contributed by atoms with van der Waals surface area (Å²) in [5.41, 5.74) is 0.298. The van der Waals surface area contributed by atoms with E-state index in [1.165, 1.54) is 18.2 Å². The number of pyridine rings is 1. The van der Waals surface area contributed by atoms with Gasteiger partial charge in [0.15, 0.2) is 5.65 Å². The fraction of sp³-hybridized carbons (Fsp3) is 0.143. The summed E-state index contributed by atoms with van der Waals surface area (Å²) in [7, 11) is 0. The zero-order chi connectivity index (χ0) is 10.2. The SMILES string of the molecule is FC(F)(F)Oc1cccc2nncn12. The summed E-state index contributed by atoms with van der Waals surface area (Å²) in [5, 5.41) is 7.03. The summed E-state index contributed by atoms with van der Waals surface area (Å²) in [6, 6.07) is 4.12. The summed E-state index contributed by atoms with van der Waals surface area (Å²) >= 11 is 0. The molecule has 0 aliphatic rings. The van der Waals surface area contributed by atoms with Gasteiger partial charge in [0.1, 0.15) is 6.33 Å². The number of hydrogen-bond donors (Lipinski definition) is 0. The van der Waals surface area contributed by atoms with Crippen LogP contribution in [0.2, 0.25) is 0 Å². The Morgan fingerprint density at radius 1 is 1.29 bits per heavy atom. The monoisotopic (exact) mass is 203 g/mol. The zero-order valence-corrected chi connectivity index (χ0v) is 6.69. The number of fused-ring (bicyclic) bond motifs is 1. The van der Waals surface area contributed by atoms with Crippen molar-refractivity contribution in [2.24, 2.45) is 0 Å². The molecule has 0 unspecified atom stereocenters. The Kier molecular flexibility index (Phi) is 1.80. The number of ether oxygens (including phenoxy) is 1. The second-order valence-corrected chi connectivity index (χ2v) is 2.47. The lowest BCUT2D eigenvalue weighted by atomic mass is 10.4. The van der Waals surface area contributed by atoms with Crippen LogP contribution in [-0.4, -0.2) is 21.0 Å². The molecule has 14 heavy (non-hydrogen) atoms. The number of alkyl halides is 3. The third kappa shape index (κ3) is 1.61. The molecule has 2 aromatic rings. The molecule has 4 nitrogen and oxygen atoms in total. The minimum atomic E-state index is -4.71. The van der Waals surface area contributed by atoms with Gasteiger partial charge in [-0.05, 0) is 12.1 Å². The third-order valence-electron chi connectivity index (χ3n) is 1.52. The van der Waals surface area contributed by atoms with Gasteiger partial charge in [-0.2, -0.15) is 0 Å². The maximum atomic E-state index is 11.9. The highest BCUT2D eigenvalue weighted by atomic mass is 19.4. The first-order chi connectivity index (χ1) is 6.56. The molecule has 0 spiro atoms. The first-order valence-corrected chi connectivity index (χ1v) is 3.61. The second-order valence-electron chi connectivity index (χ2n) is 2.47. The Balaban J connectivity index is 2.46. The average Bonchev–Trinajstić information content (AvgIpc) is 2.49. The fourth-order valence-electron chi connectivity index (χ4n) is 1.03. The molecule has 2 rings (SSSR count).